The maximum atomic E-state index is 11.1. The molecule has 0 radical (unpaired) electrons. The molecule has 124 heavy (non-hydrogen) atoms. The number of nitrogens with zero attached hydrogens (tertiary/aromatic N) is 7. The molecule has 0 atom stereocenters. The van der Waals surface area contributed by atoms with Crippen molar-refractivity contribution in [2.45, 2.75) is 311 Å². The number of fused-ring (bicyclic) bond motifs is 7. The van der Waals surface area contributed by atoms with Gasteiger partial charge < -0.3 is 42.6 Å². The summed E-state index contributed by atoms with van der Waals surface area (Å²) in [7, 11) is 9.97. The quantitative estimate of drug-likeness (QED) is 0.117. The van der Waals surface area contributed by atoms with E-state index >= 15 is 0 Å². The largest absolute Gasteiger partial charge is 0.493 e. The molecule has 0 unspecified atom stereocenters. The number of benzene rings is 1. The normalized spacial score (nSPS) is 28.6. The first-order chi connectivity index (χ1) is 58.6. The van der Waals surface area contributed by atoms with E-state index in [1.165, 1.54) is 239 Å². The summed E-state index contributed by atoms with van der Waals surface area (Å²) in [6.45, 7) is 61.1. The summed E-state index contributed by atoms with van der Waals surface area (Å²) in [4.78, 5) is 32.9. The van der Waals surface area contributed by atoms with Crippen molar-refractivity contribution in [1.29, 1.82) is 0 Å². The number of methoxy groups -OCH3 is 1. The van der Waals surface area contributed by atoms with Gasteiger partial charge in [-0.3, -0.25) is 9.69 Å². The highest BCUT2D eigenvalue weighted by Crippen LogP contribution is 2.56. The summed E-state index contributed by atoms with van der Waals surface area (Å²) in [5.41, 5.74) is 15.9. The van der Waals surface area contributed by atoms with E-state index in [0.717, 1.165) is 104 Å². The Morgan fingerprint density at radius 2 is 0.855 bits per heavy atom. The number of hydrogen-bond acceptors (Lipinski definition) is 16. The van der Waals surface area contributed by atoms with Gasteiger partial charge in [0.2, 0.25) is 5.43 Å². The van der Waals surface area contributed by atoms with Gasteiger partial charge in [0, 0.05) is 43.6 Å². The van der Waals surface area contributed by atoms with E-state index in [0.29, 0.717) is 36.0 Å². The van der Waals surface area contributed by atoms with Crippen LogP contribution in [0.25, 0.3) is 22.5 Å². The average molecular weight is 1750 g/mol. The molecular formula is C107H178BN7O7S2. The van der Waals surface area contributed by atoms with E-state index < -0.39 is 0 Å². The predicted molar refractivity (Wildman–Crippen MR) is 537 cm³/mol. The number of likely N-dealkylation sites (N-methyl/N-ethyl adjacent to an activating group) is 2. The molecule has 698 valence electrons. The fourth-order valence-electron chi connectivity index (χ4n) is 16.2. The fraction of sp³-hybridized carbons (Fsp3) is 0.701. The van der Waals surface area contributed by atoms with Crippen molar-refractivity contribution < 1.29 is 27.9 Å². The second-order valence-electron chi connectivity index (χ2n) is 41.1. The molecule has 17 heteroatoms. The van der Waals surface area contributed by atoms with Crippen molar-refractivity contribution in [3.8, 4) is 17.1 Å². The number of aryl methyl sites for hydroxylation is 5. The minimum atomic E-state index is -0.0828. The maximum absolute atomic E-state index is 11.1. The van der Waals surface area contributed by atoms with Crippen LogP contribution >= 0.6 is 23.5 Å². The van der Waals surface area contributed by atoms with Crippen molar-refractivity contribution in [1.82, 2.24) is 34.6 Å². The molecule has 7 heterocycles. The summed E-state index contributed by atoms with van der Waals surface area (Å²) < 4.78 is 31.6. The van der Waals surface area contributed by atoms with Crippen molar-refractivity contribution in [2.75, 3.05) is 113 Å². The first kappa shape index (κ1) is 110. The zero-order valence-corrected chi connectivity index (χ0v) is 85.6. The standard InChI is InChI=1S/C10H10N2.C10H18.C10H16.C9H9NO.C9H10O2.C8H16.2C8H12.C7H15N.C6H14N2.C6H12O2.C6H12S2.C6H12.C4H10BNO2/c1-7-3-5-9-10(6-4-7)12-8(2)11-9;2*1-9-3-6-10(2,7-4-9)8-5-9;1-6-3-4-8-9(5-6)11-7(2)10-8;1-7-3-5-8(10)9(11-2)6-4-7;5*1-7-3-5-8(2)6-4-7;2*1-5-3-7-6(2)8-4-5;1-5-3-6(2)4-5;1-5-7-3-6(2)4-8-5/h3-6H,1-2H3;3-8H2,1-2H3;3,6H,4-5,7-8H2,1-2H3;3-5H,1-2H3;3-6H,1-2H3;7-8H,3-6H2,1-2H3;3,6H,4-5H2,1-2H3;3,5H,4,6H2,1-2H3;7H,3-6H2,1-2H3;3-6H2,1-2H3;2*5-6H,3-4H2,1-2H3;5-6H,3-4H2,1-2H3;3-4H2,1-2H3. The molecule has 20 rings (SSSR count). The van der Waals surface area contributed by atoms with Gasteiger partial charge in [0.05, 0.1) is 45.2 Å². The predicted octanol–water partition coefficient (Wildman–Crippen LogP) is 27.4. The van der Waals surface area contributed by atoms with Crippen LogP contribution in [-0.2, 0) is 18.8 Å². The molecule has 5 saturated heterocycles. The summed E-state index contributed by atoms with van der Waals surface area (Å²) in [5, 5.41) is 0. The molecule has 14 nitrogen and oxygen atoms in total. The summed E-state index contributed by atoms with van der Waals surface area (Å²) in [6.07, 6.45) is 45.1. The smallest absolute Gasteiger partial charge is 0.455 e. The lowest BCUT2D eigenvalue weighted by atomic mass is 9.55. The van der Waals surface area contributed by atoms with Crippen molar-refractivity contribution >= 4 is 41.7 Å². The Kier molecular flexibility index (Phi) is 50.6. The highest BCUT2D eigenvalue weighted by Gasteiger charge is 2.43. The highest BCUT2D eigenvalue weighted by molar-refractivity contribution is 8.17. The highest BCUT2D eigenvalue weighted by atomic mass is 32.2. The zero-order valence-electron chi connectivity index (χ0n) is 83.9. The lowest BCUT2D eigenvalue weighted by Gasteiger charge is -2.50. The molecule has 17 aliphatic rings. The van der Waals surface area contributed by atoms with Gasteiger partial charge in [-0.1, -0.05) is 202 Å². The van der Waals surface area contributed by atoms with Crippen molar-refractivity contribution in [3.63, 3.8) is 0 Å². The number of piperidine rings is 1. The van der Waals surface area contributed by atoms with E-state index in [9.17, 15) is 4.79 Å². The number of hydrogen-bond donors (Lipinski definition) is 0. The van der Waals surface area contributed by atoms with Crippen LogP contribution in [0.4, 0.5) is 0 Å². The SMILES string of the molecule is CB1OCN(C)CO1.CC12C=CC(C)(CC1)CC2.CC12CCC(C)(CC1)CC2.CC1=CC=C(C)CC1.CC1=CCC(C)=CC1.CC1CC(C)C1.CC1CCC(C)CC1.CC1CCN(C)CC1.CC1COC(C)OC1.CC1CSC(C)SC1.CN1CCN(C)CC1.COc1ccc(C)ccc1=O.Cc1ccc2nc(C)nc-2cc1.Cc1ccc2nc(C)oc2c1. The first-order valence-electron chi connectivity index (χ1n) is 48.1. The van der Waals surface area contributed by atoms with Crippen LogP contribution in [0.2, 0.25) is 6.82 Å². The van der Waals surface area contributed by atoms with Crippen LogP contribution in [0.15, 0.2) is 135 Å². The third-order valence-corrected chi connectivity index (χ3v) is 29.9. The van der Waals surface area contributed by atoms with Gasteiger partial charge in [0.25, 0.3) is 0 Å². The second-order valence-corrected chi connectivity index (χ2v) is 44.2. The molecule has 11 aliphatic carbocycles. The molecular weight excluding hydrogens is 1570 g/mol. The number of rotatable bonds is 1. The Morgan fingerprint density at radius 1 is 0.452 bits per heavy atom. The van der Waals surface area contributed by atoms with Crippen molar-refractivity contribution in [3.05, 3.63) is 164 Å². The lowest BCUT2D eigenvalue weighted by molar-refractivity contribution is -0.187. The molecule has 0 amide bonds. The number of likely N-dealkylation sites (tertiary alicyclic amines) is 1. The molecule has 11 fully saturated rings. The minimum Gasteiger partial charge on any atom is -0.493 e. The van der Waals surface area contributed by atoms with Crippen LogP contribution in [0.3, 0.4) is 0 Å². The summed E-state index contributed by atoms with van der Waals surface area (Å²) >= 11 is 4.18. The second kappa shape index (κ2) is 57.3. The van der Waals surface area contributed by atoms with E-state index in [-0.39, 0.29) is 18.8 Å². The van der Waals surface area contributed by atoms with Gasteiger partial charge in [-0.2, -0.15) is 0 Å². The Balaban J connectivity index is 0.000000238. The molecule has 2 aromatic carbocycles. The number of aromatic nitrogens is 3. The first-order valence-corrected chi connectivity index (χ1v) is 50.2. The number of oxazole rings is 1. The molecule has 6 aliphatic heterocycles. The Bertz CT molecular complexity index is 3590. The molecule has 0 N–H and O–H groups in total. The van der Waals surface area contributed by atoms with Gasteiger partial charge >= 0.3 is 7.12 Å². The van der Waals surface area contributed by atoms with Crippen LogP contribution < -0.4 is 10.2 Å². The van der Waals surface area contributed by atoms with Gasteiger partial charge in [-0.05, 0) is 344 Å². The van der Waals surface area contributed by atoms with E-state index in [1.807, 2.05) is 89.8 Å². The summed E-state index contributed by atoms with van der Waals surface area (Å²) in [5.74, 6) is 11.3. The van der Waals surface area contributed by atoms with Gasteiger partial charge in [-0.15, -0.1) is 23.5 Å². The third-order valence-electron chi connectivity index (χ3n) is 26.6. The van der Waals surface area contributed by atoms with Crippen LogP contribution in [-0.4, -0.2) is 165 Å². The maximum Gasteiger partial charge on any atom is 0.455 e. The molecule has 4 bridgehead atoms. The van der Waals surface area contributed by atoms with Gasteiger partial charge in [0.1, 0.15) is 11.3 Å². The summed E-state index contributed by atoms with van der Waals surface area (Å²) in [6, 6.07) is 20.9. The fourth-order valence-corrected chi connectivity index (χ4v) is 18.7. The van der Waals surface area contributed by atoms with Gasteiger partial charge in [-0.25, -0.2) is 15.0 Å². The monoisotopic (exact) mass is 1750 g/mol. The number of piperazine rings is 1. The Morgan fingerprint density at radius 3 is 1.22 bits per heavy atom. The molecule has 1 aromatic heterocycles. The lowest BCUT2D eigenvalue weighted by Crippen LogP contribution is -2.42. The number of ether oxygens (including phenoxy) is 3. The zero-order chi connectivity index (χ0) is 91.6. The van der Waals surface area contributed by atoms with Crippen LogP contribution in [0.5, 0.6) is 5.75 Å². The number of allylic oxidation sites excluding steroid dienone is 10. The average Bonchev–Trinajstić information content (AvgIpc) is 0.954. The number of imidazole rings is 1. The van der Waals surface area contributed by atoms with E-state index in [4.69, 9.17) is 27.9 Å². The Labute approximate surface area is 767 Å². The van der Waals surface area contributed by atoms with Crippen LogP contribution in [0.1, 0.15) is 287 Å². The minimum absolute atomic E-state index is 0.0196. The van der Waals surface area contributed by atoms with E-state index in [2.05, 4.69) is 241 Å². The molecule has 6 saturated carbocycles. The Hall–Kier alpha value is -4.92. The third kappa shape index (κ3) is 46.6. The number of thioether (sulfide) groups is 2. The van der Waals surface area contributed by atoms with Crippen LogP contribution in [0, 0.1) is 97.7 Å². The topological polar surface area (TPSA) is 128 Å². The van der Waals surface area contributed by atoms with Crippen molar-refractivity contribution in [2.24, 2.45) is 63.1 Å². The van der Waals surface area contributed by atoms with E-state index in [1.54, 1.807) is 12.1 Å². The molecule has 3 aromatic rings. The van der Waals surface area contributed by atoms with Gasteiger partial charge in [0.15, 0.2) is 23.5 Å². The molecule has 0 spiro atoms.